The normalized spacial score (nSPS) is 10.3. The maximum Gasteiger partial charge on any atom is 0.329 e. The average molecular weight is 311 g/mol. The minimum atomic E-state index is -0.849. The molecule has 0 bridgehead atoms. The van der Waals surface area contributed by atoms with Gasteiger partial charge in [0, 0.05) is 11.3 Å². The molecule has 0 unspecified atom stereocenters. The summed E-state index contributed by atoms with van der Waals surface area (Å²) in [6.45, 7) is 1.90. The molecule has 0 aliphatic rings. The van der Waals surface area contributed by atoms with E-state index in [2.05, 4.69) is 15.8 Å². The Morgan fingerprint density at radius 3 is 2.61 bits per heavy atom. The highest BCUT2D eigenvalue weighted by atomic mass is 16.5. The van der Waals surface area contributed by atoms with Gasteiger partial charge in [0.25, 0.3) is 0 Å². The number of para-hydroxylation sites is 1. The summed E-state index contributed by atoms with van der Waals surface area (Å²) in [5, 5.41) is 6.27. The standard InChI is InChI=1S/C17H17N3O3/c1-12-6-5-8-14(10-12)19-16(21)17(22)20-18-11-13-7-3-4-9-15(13)23-2/h3-11H,1-2H3,(H,19,21)(H,20,22). The van der Waals surface area contributed by atoms with Crippen LogP contribution in [0.15, 0.2) is 53.6 Å². The van der Waals surface area contributed by atoms with Crippen molar-refractivity contribution in [2.24, 2.45) is 5.10 Å². The molecule has 0 fully saturated rings. The maximum absolute atomic E-state index is 11.8. The van der Waals surface area contributed by atoms with Crippen LogP contribution in [0, 0.1) is 6.92 Å². The fraction of sp³-hybridized carbons (Fsp3) is 0.118. The largest absolute Gasteiger partial charge is 0.496 e. The zero-order valence-corrected chi connectivity index (χ0v) is 12.9. The monoisotopic (exact) mass is 311 g/mol. The van der Waals surface area contributed by atoms with Crippen molar-refractivity contribution in [3.8, 4) is 5.75 Å². The third kappa shape index (κ3) is 4.67. The molecule has 0 spiro atoms. The highest BCUT2D eigenvalue weighted by Gasteiger charge is 2.12. The first-order valence-electron chi connectivity index (χ1n) is 6.94. The molecule has 2 rings (SSSR count). The van der Waals surface area contributed by atoms with Crippen molar-refractivity contribution in [2.75, 3.05) is 12.4 Å². The Hall–Kier alpha value is -3.15. The van der Waals surface area contributed by atoms with Crippen LogP contribution in [-0.4, -0.2) is 25.1 Å². The summed E-state index contributed by atoms with van der Waals surface area (Å²) in [6.07, 6.45) is 1.41. The number of hydrogen-bond donors (Lipinski definition) is 2. The number of hydrogen-bond acceptors (Lipinski definition) is 4. The van der Waals surface area contributed by atoms with E-state index in [4.69, 9.17) is 4.74 Å². The molecule has 0 saturated carbocycles. The number of methoxy groups -OCH3 is 1. The highest BCUT2D eigenvalue weighted by Crippen LogP contribution is 2.14. The third-order valence-corrected chi connectivity index (χ3v) is 2.99. The van der Waals surface area contributed by atoms with E-state index in [-0.39, 0.29) is 0 Å². The number of amides is 2. The van der Waals surface area contributed by atoms with E-state index in [1.807, 2.05) is 25.1 Å². The molecule has 0 aromatic heterocycles. The van der Waals surface area contributed by atoms with E-state index >= 15 is 0 Å². The van der Waals surface area contributed by atoms with Crippen LogP contribution in [0.3, 0.4) is 0 Å². The number of ether oxygens (including phenoxy) is 1. The van der Waals surface area contributed by atoms with Gasteiger partial charge < -0.3 is 10.1 Å². The van der Waals surface area contributed by atoms with Gasteiger partial charge in [-0.05, 0) is 36.8 Å². The van der Waals surface area contributed by atoms with Crippen molar-refractivity contribution in [3.63, 3.8) is 0 Å². The number of rotatable bonds is 4. The second-order valence-electron chi connectivity index (χ2n) is 4.76. The van der Waals surface area contributed by atoms with Crippen LogP contribution in [0.1, 0.15) is 11.1 Å². The van der Waals surface area contributed by atoms with Crippen LogP contribution >= 0.6 is 0 Å². The lowest BCUT2D eigenvalue weighted by Crippen LogP contribution is -2.32. The van der Waals surface area contributed by atoms with Crippen molar-refractivity contribution in [1.82, 2.24) is 5.43 Å². The van der Waals surface area contributed by atoms with E-state index < -0.39 is 11.8 Å². The van der Waals surface area contributed by atoms with Gasteiger partial charge in [-0.15, -0.1) is 0 Å². The van der Waals surface area contributed by atoms with E-state index in [1.54, 1.807) is 37.4 Å². The molecule has 6 heteroatoms. The average Bonchev–Trinajstić information content (AvgIpc) is 2.55. The zero-order chi connectivity index (χ0) is 16.7. The fourth-order valence-electron chi connectivity index (χ4n) is 1.89. The van der Waals surface area contributed by atoms with Gasteiger partial charge in [-0.2, -0.15) is 5.10 Å². The van der Waals surface area contributed by atoms with Crippen molar-refractivity contribution >= 4 is 23.7 Å². The van der Waals surface area contributed by atoms with Gasteiger partial charge in [0.15, 0.2) is 0 Å². The van der Waals surface area contributed by atoms with Crippen LogP contribution in [0.25, 0.3) is 0 Å². The van der Waals surface area contributed by atoms with Crippen LogP contribution in [0.2, 0.25) is 0 Å². The molecular formula is C17H17N3O3. The molecule has 2 aromatic rings. The van der Waals surface area contributed by atoms with Crippen molar-refractivity contribution in [1.29, 1.82) is 0 Å². The van der Waals surface area contributed by atoms with Gasteiger partial charge in [0.2, 0.25) is 0 Å². The van der Waals surface area contributed by atoms with E-state index in [9.17, 15) is 9.59 Å². The maximum atomic E-state index is 11.8. The molecule has 0 radical (unpaired) electrons. The fourth-order valence-corrected chi connectivity index (χ4v) is 1.89. The Bertz CT molecular complexity index is 741. The Balaban J connectivity index is 1.93. The number of nitrogens with one attached hydrogen (secondary N) is 2. The summed E-state index contributed by atoms with van der Waals surface area (Å²) in [4.78, 5) is 23.5. The van der Waals surface area contributed by atoms with Gasteiger partial charge in [0.1, 0.15) is 5.75 Å². The Morgan fingerprint density at radius 2 is 1.87 bits per heavy atom. The molecule has 118 valence electrons. The predicted molar refractivity (Wildman–Crippen MR) is 88.5 cm³/mol. The number of hydrazone groups is 1. The van der Waals surface area contributed by atoms with Crippen molar-refractivity contribution < 1.29 is 14.3 Å². The summed E-state index contributed by atoms with van der Waals surface area (Å²) in [5.74, 6) is -1.01. The molecule has 0 saturated heterocycles. The second kappa shape index (κ2) is 7.74. The van der Waals surface area contributed by atoms with E-state index in [1.165, 1.54) is 6.21 Å². The number of benzene rings is 2. The zero-order valence-electron chi connectivity index (χ0n) is 12.9. The van der Waals surface area contributed by atoms with Crippen LogP contribution in [0.5, 0.6) is 5.75 Å². The Kier molecular flexibility index (Phi) is 5.46. The lowest BCUT2D eigenvalue weighted by Gasteiger charge is -2.05. The molecule has 2 amide bonds. The number of aryl methyl sites for hydroxylation is 1. The quantitative estimate of drug-likeness (QED) is 0.515. The summed E-state index contributed by atoms with van der Waals surface area (Å²) in [5.41, 5.74) is 4.41. The minimum absolute atomic E-state index is 0.554. The predicted octanol–water partition coefficient (Wildman–Crippen LogP) is 2.09. The topological polar surface area (TPSA) is 79.8 Å². The second-order valence-corrected chi connectivity index (χ2v) is 4.76. The van der Waals surface area contributed by atoms with Gasteiger partial charge in [-0.25, -0.2) is 5.43 Å². The lowest BCUT2D eigenvalue weighted by atomic mass is 10.2. The number of carbonyl (C=O) groups is 2. The van der Waals surface area contributed by atoms with Gasteiger partial charge in [-0.3, -0.25) is 9.59 Å². The molecule has 0 heterocycles. The lowest BCUT2D eigenvalue weighted by molar-refractivity contribution is -0.136. The number of carbonyl (C=O) groups excluding carboxylic acids is 2. The molecule has 2 aromatic carbocycles. The number of anilines is 1. The molecule has 0 aliphatic heterocycles. The first-order chi connectivity index (χ1) is 11.1. The summed E-state index contributed by atoms with van der Waals surface area (Å²) >= 11 is 0. The molecule has 0 atom stereocenters. The number of nitrogens with zero attached hydrogens (tertiary/aromatic N) is 1. The van der Waals surface area contributed by atoms with Crippen LogP contribution in [0.4, 0.5) is 5.69 Å². The van der Waals surface area contributed by atoms with Gasteiger partial charge in [0.05, 0.1) is 13.3 Å². The Labute approximate surface area is 134 Å². The summed E-state index contributed by atoms with van der Waals surface area (Å²) < 4.78 is 5.16. The molecule has 6 nitrogen and oxygen atoms in total. The SMILES string of the molecule is COc1ccccc1C=NNC(=O)C(=O)Nc1cccc(C)c1. The van der Waals surface area contributed by atoms with Crippen LogP contribution in [-0.2, 0) is 9.59 Å². The molecule has 2 N–H and O–H groups in total. The van der Waals surface area contributed by atoms with Gasteiger partial charge in [-0.1, -0.05) is 24.3 Å². The first-order valence-corrected chi connectivity index (χ1v) is 6.94. The Morgan fingerprint density at radius 1 is 1.09 bits per heavy atom. The van der Waals surface area contributed by atoms with E-state index in [0.29, 0.717) is 17.0 Å². The molecule has 0 aliphatic carbocycles. The summed E-state index contributed by atoms with van der Waals surface area (Å²) in [7, 11) is 1.54. The first kappa shape index (κ1) is 16.2. The van der Waals surface area contributed by atoms with Crippen molar-refractivity contribution in [3.05, 3.63) is 59.7 Å². The van der Waals surface area contributed by atoms with Crippen molar-refractivity contribution in [2.45, 2.75) is 6.92 Å². The van der Waals surface area contributed by atoms with Gasteiger partial charge >= 0.3 is 11.8 Å². The minimum Gasteiger partial charge on any atom is -0.496 e. The summed E-state index contributed by atoms with van der Waals surface area (Å²) in [6, 6.07) is 14.4. The highest BCUT2D eigenvalue weighted by molar-refractivity contribution is 6.39. The molecule has 23 heavy (non-hydrogen) atoms. The third-order valence-electron chi connectivity index (χ3n) is 2.99. The van der Waals surface area contributed by atoms with Crippen LogP contribution < -0.4 is 15.5 Å². The molecular weight excluding hydrogens is 294 g/mol. The smallest absolute Gasteiger partial charge is 0.329 e. The van der Waals surface area contributed by atoms with E-state index in [0.717, 1.165) is 5.56 Å².